The average molecular weight is 776 g/mol. The summed E-state index contributed by atoms with van der Waals surface area (Å²) in [5, 5.41) is 13.4. The first kappa shape index (κ1) is 37.2. The van der Waals surface area contributed by atoms with E-state index in [9.17, 15) is 5.26 Å². The second-order valence-corrected chi connectivity index (χ2v) is 16.1. The number of hydrogen-bond acceptors (Lipinski definition) is 4. The van der Waals surface area contributed by atoms with E-state index in [-0.39, 0.29) is 18.0 Å². The van der Waals surface area contributed by atoms with Crippen LogP contribution >= 0.6 is 0 Å². The van der Waals surface area contributed by atoms with Crippen LogP contribution in [0.5, 0.6) is 0 Å². The van der Waals surface area contributed by atoms with E-state index in [4.69, 9.17) is 10.7 Å². The number of benzene rings is 7. The van der Waals surface area contributed by atoms with Crippen molar-refractivity contribution >= 4 is 28.8 Å². The standard InChI is InChI=1S/C55H45N5/c1-37-32-47-45-28-13-15-31-49(45)60(52(47)51-50(37)46-29-12-14-30-48(46)55(51,42-23-8-4-9-24-42)43-25-10-5-11-26-43)44-27-17-19-39(34-44)36-58-54(40-20-6-3-7-21-40)59(2)53(57)41-22-16-18-38(33-41)35-56/h3-34,36-37,50,53-54H,57H2,1-2H3/b58-36+. The molecule has 7 aromatic carbocycles. The monoisotopic (exact) mass is 775 g/mol. The summed E-state index contributed by atoms with van der Waals surface area (Å²) in [4.78, 5) is 7.31. The van der Waals surface area contributed by atoms with Crippen LogP contribution in [0.1, 0.15) is 69.7 Å². The van der Waals surface area contributed by atoms with Gasteiger partial charge in [0.1, 0.15) is 6.17 Å². The molecule has 4 unspecified atom stereocenters. The van der Waals surface area contributed by atoms with Gasteiger partial charge in [-0.05, 0) is 87.8 Å². The number of hydrogen-bond donors (Lipinski definition) is 1. The first-order chi connectivity index (χ1) is 29.5. The minimum atomic E-state index is -0.523. The third-order valence-corrected chi connectivity index (χ3v) is 12.7. The van der Waals surface area contributed by atoms with Crippen LogP contribution in [0.25, 0.3) is 28.2 Å². The fourth-order valence-corrected chi connectivity index (χ4v) is 10.1. The minimum Gasteiger partial charge on any atom is -0.312 e. The highest BCUT2D eigenvalue weighted by molar-refractivity contribution is 5.92. The quantitative estimate of drug-likeness (QED) is 0.117. The number of nitriles is 1. The number of aromatic nitrogens is 1. The molecule has 2 aliphatic rings. The Kier molecular flexibility index (Phi) is 9.45. The lowest BCUT2D eigenvalue weighted by Gasteiger charge is -2.37. The molecule has 8 aromatic rings. The van der Waals surface area contributed by atoms with Crippen LogP contribution in [0, 0.1) is 17.2 Å². The first-order valence-electron chi connectivity index (χ1n) is 20.7. The van der Waals surface area contributed by atoms with Gasteiger partial charge in [0.05, 0.1) is 34.1 Å². The molecule has 290 valence electrons. The van der Waals surface area contributed by atoms with Crippen LogP contribution in [0.15, 0.2) is 193 Å². The van der Waals surface area contributed by atoms with Crippen molar-refractivity contribution < 1.29 is 0 Å². The van der Waals surface area contributed by atoms with Crippen molar-refractivity contribution in [2.75, 3.05) is 7.05 Å². The third-order valence-electron chi connectivity index (χ3n) is 12.7. The van der Waals surface area contributed by atoms with Crippen molar-refractivity contribution in [2.45, 2.75) is 30.6 Å². The summed E-state index contributed by atoms with van der Waals surface area (Å²) in [6.45, 7) is 2.39. The molecule has 1 heterocycles. The molecule has 5 nitrogen and oxygen atoms in total. The molecule has 10 rings (SSSR count). The summed E-state index contributed by atoms with van der Waals surface area (Å²) in [6.07, 6.45) is 3.63. The number of rotatable bonds is 9. The number of nitrogens with zero attached hydrogens (tertiary/aromatic N) is 4. The highest BCUT2D eigenvalue weighted by atomic mass is 15.3. The van der Waals surface area contributed by atoms with Gasteiger partial charge in [0.15, 0.2) is 0 Å². The SMILES string of the molecule is CC1C=c2c(n(-c3cccc(/C=N/C(c4ccccc4)N(C)C(N)c4cccc(C#N)c4)c3)c3ccccc23)=C2C1c1ccccc1C2(c1ccccc1)c1ccccc1. The Bertz CT molecular complexity index is 3030. The lowest BCUT2D eigenvalue weighted by atomic mass is 9.65. The highest BCUT2D eigenvalue weighted by Crippen LogP contribution is 2.60. The first-order valence-corrected chi connectivity index (χ1v) is 20.7. The van der Waals surface area contributed by atoms with Crippen LogP contribution in [-0.4, -0.2) is 22.7 Å². The van der Waals surface area contributed by atoms with Crippen molar-refractivity contribution in [3.05, 3.63) is 243 Å². The van der Waals surface area contributed by atoms with Crippen molar-refractivity contribution in [1.29, 1.82) is 5.26 Å². The Morgan fingerprint density at radius 2 is 1.35 bits per heavy atom. The summed E-state index contributed by atoms with van der Waals surface area (Å²) in [7, 11) is 1.99. The van der Waals surface area contributed by atoms with E-state index in [1.165, 1.54) is 49.3 Å². The molecule has 0 fully saturated rings. The Morgan fingerprint density at radius 1 is 0.717 bits per heavy atom. The number of fused-ring (bicyclic) bond motifs is 6. The predicted molar refractivity (Wildman–Crippen MR) is 244 cm³/mol. The van der Waals surface area contributed by atoms with Gasteiger partial charge in [-0.15, -0.1) is 0 Å². The second kappa shape index (κ2) is 15.3. The van der Waals surface area contributed by atoms with Gasteiger partial charge in [0.2, 0.25) is 0 Å². The maximum absolute atomic E-state index is 9.59. The molecule has 2 aliphatic carbocycles. The van der Waals surface area contributed by atoms with Gasteiger partial charge in [-0.3, -0.25) is 9.89 Å². The van der Waals surface area contributed by atoms with Crippen molar-refractivity contribution in [3.8, 4) is 11.8 Å². The second-order valence-electron chi connectivity index (χ2n) is 16.1. The van der Waals surface area contributed by atoms with E-state index >= 15 is 0 Å². The fraction of sp³-hybridized carbons (Fsp3) is 0.127. The molecule has 0 aliphatic heterocycles. The maximum Gasteiger partial charge on any atom is 0.129 e. The van der Waals surface area contributed by atoms with Crippen molar-refractivity contribution in [3.63, 3.8) is 0 Å². The number of nitrogens with two attached hydrogens (primary N) is 1. The van der Waals surface area contributed by atoms with E-state index in [2.05, 4.69) is 174 Å². The molecule has 0 saturated carbocycles. The molecule has 0 bridgehead atoms. The summed E-state index contributed by atoms with van der Waals surface area (Å²) >= 11 is 0. The zero-order chi connectivity index (χ0) is 40.8. The van der Waals surface area contributed by atoms with Crippen LogP contribution in [0.2, 0.25) is 0 Å². The minimum absolute atomic E-state index is 0.169. The van der Waals surface area contributed by atoms with E-state index in [0.717, 1.165) is 22.4 Å². The Hall–Kier alpha value is -7.10. The van der Waals surface area contributed by atoms with Crippen LogP contribution in [0.4, 0.5) is 0 Å². The molecular weight excluding hydrogens is 731 g/mol. The molecular formula is C55H45N5. The topological polar surface area (TPSA) is 70.3 Å². The fourth-order valence-electron chi connectivity index (χ4n) is 10.1. The molecule has 0 radical (unpaired) electrons. The van der Waals surface area contributed by atoms with E-state index in [0.29, 0.717) is 5.56 Å². The molecule has 5 heteroatoms. The van der Waals surface area contributed by atoms with Crippen LogP contribution < -0.4 is 16.3 Å². The zero-order valence-corrected chi connectivity index (χ0v) is 33.7. The molecule has 60 heavy (non-hydrogen) atoms. The molecule has 2 N–H and O–H groups in total. The largest absolute Gasteiger partial charge is 0.312 e. The Morgan fingerprint density at radius 3 is 2.08 bits per heavy atom. The maximum atomic E-state index is 9.59. The zero-order valence-electron chi connectivity index (χ0n) is 33.7. The van der Waals surface area contributed by atoms with E-state index < -0.39 is 11.6 Å². The molecule has 0 spiro atoms. The Balaban J connectivity index is 1.19. The summed E-state index contributed by atoms with van der Waals surface area (Å²) in [6, 6.07) is 69.0. The smallest absolute Gasteiger partial charge is 0.129 e. The summed E-state index contributed by atoms with van der Waals surface area (Å²) in [5.74, 6) is 0.434. The van der Waals surface area contributed by atoms with Gasteiger partial charge in [0.25, 0.3) is 0 Å². The van der Waals surface area contributed by atoms with Gasteiger partial charge in [-0.2, -0.15) is 5.26 Å². The molecule has 0 saturated heterocycles. The Labute approximate surface area is 351 Å². The lowest BCUT2D eigenvalue weighted by Crippen LogP contribution is -2.43. The van der Waals surface area contributed by atoms with Crippen LogP contribution in [0.3, 0.4) is 0 Å². The number of para-hydroxylation sites is 1. The average Bonchev–Trinajstić information content (AvgIpc) is 3.81. The predicted octanol–water partition coefficient (Wildman–Crippen LogP) is 9.92. The van der Waals surface area contributed by atoms with Gasteiger partial charge in [0, 0.05) is 28.4 Å². The van der Waals surface area contributed by atoms with Gasteiger partial charge >= 0.3 is 0 Å². The van der Waals surface area contributed by atoms with E-state index in [1.54, 1.807) is 6.07 Å². The molecule has 0 amide bonds. The summed E-state index contributed by atoms with van der Waals surface area (Å²) in [5.41, 5.74) is 18.8. The lowest BCUT2D eigenvalue weighted by molar-refractivity contribution is 0.183. The summed E-state index contributed by atoms with van der Waals surface area (Å²) < 4.78 is 2.51. The third kappa shape index (κ3) is 5.95. The van der Waals surface area contributed by atoms with Crippen molar-refractivity contribution in [1.82, 2.24) is 9.47 Å². The molecule has 4 atom stereocenters. The molecule has 1 aromatic heterocycles. The highest BCUT2D eigenvalue weighted by Gasteiger charge is 2.53. The van der Waals surface area contributed by atoms with Gasteiger partial charge in [-0.25, -0.2) is 0 Å². The van der Waals surface area contributed by atoms with Gasteiger partial charge < -0.3 is 10.3 Å². The van der Waals surface area contributed by atoms with Gasteiger partial charge in [-0.1, -0.05) is 171 Å². The number of aliphatic imine (C=N–C) groups is 1. The van der Waals surface area contributed by atoms with E-state index in [1.807, 2.05) is 49.7 Å². The van der Waals surface area contributed by atoms with Crippen LogP contribution in [-0.2, 0) is 5.41 Å². The van der Waals surface area contributed by atoms with Crippen molar-refractivity contribution in [2.24, 2.45) is 16.6 Å². The normalized spacial score (nSPS) is 17.4.